The molecule has 110 valence electrons. The van der Waals surface area contributed by atoms with E-state index < -0.39 is 11.7 Å². The number of amides is 1. The van der Waals surface area contributed by atoms with E-state index in [-0.39, 0.29) is 0 Å². The Morgan fingerprint density at radius 2 is 1.81 bits per heavy atom. The van der Waals surface area contributed by atoms with Crippen LogP contribution in [-0.2, 0) is 11.3 Å². The molecule has 1 amide bonds. The number of aromatic nitrogens is 2. The largest absolute Gasteiger partial charge is 0.444 e. The van der Waals surface area contributed by atoms with E-state index in [9.17, 15) is 4.79 Å². The van der Waals surface area contributed by atoms with E-state index in [4.69, 9.17) is 4.74 Å². The Kier molecular flexibility index (Phi) is 4.52. The van der Waals surface area contributed by atoms with Crippen LogP contribution in [-0.4, -0.2) is 21.7 Å². The molecule has 1 aromatic heterocycles. The number of carbonyl (C=O) groups is 1. The summed E-state index contributed by atoms with van der Waals surface area (Å²) in [6.07, 6.45) is 2.95. The SMILES string of the molecule is CC(C)(C)OC(=O)NCc1ccccc1-c1ncccn1. The molecule has 5 nitrogen and oxygen atoms in total. The number of nitrogens with zero attached hydrogens (tertiary/aromatic N) is 2. The molecule has 0 unspecified atom stereocenters. The molecule has 0 bridgehead atoms. The molecular weight excluding hydrogens is 266 g/mol. The average molecular weight is 285 g/mol. The summed E-state index contributed by atoms with van der Waals surface area (Å²) in [5, 5.41) is 2.75. The number of hydrogen-bond donors (Lipinski definition) is 1. The zero-order chi connectivity index (χ0) is 15.3. The van der Waals surface area contributed by atoms with Gasteiger partial charge in [0.1, 0.15) is 5.60 Å². The van der Waals surface area contributed by atoms with Gasteiger partial charge in [-0.2, -0.15) is 0 Å². The van der Waals surface area contributed by atoms with E-state index in [2.05, 4.69) is 15.3 Å². The minimum atomic E-state index is -0.508. The van der Waals surface area contributed by atoms with E-state index in [1.54, 1.807) is 18.5 Å². The molecule has 0 radical (unpaired) electrons. The van der Waals surface area contributed by atoms with Crippen molar-refractivity contribution in [1.82, 2.24) is 15.3 Å². The van der Waals surface area contributed by atoms with Crippen molar-refractivity contribution in [3.8, 4) is 11.4 Å². The smallest absolute Gasteiger partial charge is 0.407 e. The summed E-state index contributed by atoms with van der Waals surface area (Å²) < 4.78 is 5.22. The summed E-state index contributed by atoms with van der Waals surface area (Å²) >= 11 is 0. The van der Waals surface area contributed by atoms with Gasteiger partial charge in [0, 0.05) is 24.5 Å². The Hall–Kier alpha value is -2.43. The second-order valence-corrected chi connectivity index (χ2v) is 5.58. The summed E-state index contributed by atoms with van der Waals surface area (Å²) in [6, 6.07) is 9.47. The van der Waals surface area contributed by atoms with Crippen LogP contribution >= 0.6 is 0 Å². The van der Waals surface area contributed by atoms with E-state index >= 15 is 0 Å². The molecule has 2 rings (SSSR count). The van der Waals surface area contributed by atoms with E-state index in [1.165, 1.54) is 0 Å². The molecule has 5 heteroatoms. The first-order valence-electron chi connectivity index (χ1n) is 6.78. The molecular formula is C16H19N3O2. The summed E-state index contributed by atoms with van der Waals surface area (Å²) in [7, 11) is 0. The first kappa shape index (κ1) is 15.0. The zero-order valence-electron chi connectivity index (χ0n) is 12.5. The van der Waals surface area contributed by atoms with Crippen molar-refractivity contribution in [2.45, 2.75) is 32.9 Å². The van der Waals surface area contributed by atoms with Gasteiger partial charge in [0.25, 0.3) is 0 Å². The van der Waals surface area contributed by atoms with Crippen molar-refractivity contribution in [3.05, 3.63) is 48.3 Å². The van der Waals surface area contributed by atoms with Gasteiger partial charge in [0.05, 0.1) is 0 Å². The Balaban J connectivity index is 2.10. The second kappa shape index (κ2) is 6.35. The first-order valence-corrected chi connectivity index (χ1v) is 6.78. The molecule has 0 saturated heterocycles. The fourth-order valence-electron chi connectivity index (χ4n) is 1.81. The predicted molar refractivity (Wildman–Crippen MR) is 80.5 cm³/mol. The van der Waals surface area contributed by atoms with Crippen molar-refractivity contribution in [2.75, 3.05) is 0 Å². The van der Waals surface area contributed by atoms with Crippen LogP contribution in [0, 0.1) is 0 Å². The number of benzene rings is 1. The highest BCUT2D eigenvalue weighted by Crippen LogP contribution is 2.19. The highest BCUT2D eigenvalue weighted by Gasteiger charge is 2.16. The standard InChI is InChI=1S/C16H19N3O2/c1-16(2,3)21-15(20)19-11-12-7-4-5-8-13(12)14-17-9-6-10-18-14/h4-10H,11H2,1-3H3,(H,19,20). The Morgan fingerprint density at radius 3 is 2.48 bits per heavy atom. The number of ether oxygens (including phenoxy) is 1. The molecule has 1 aromatic carbocycles. The number of carbonyl (C=O) groups excluding carboxylic acids is 1. The lowest BCUT2D eigenvalue weighted by Crippen LogP contribution is -2.32. The third-order valence-corrected chi connectivity index (χ3v) is 2.65. The number of nitrogens with one attached hydrogen (secondary N) is 1. The fourth-order valence-corrected chi connectivity index (χ4v) is 1.81. The molecule has 1 N–H and O–H groups in total. The molecule has 2 aromatic rings. The Morgan fingerprint density at radius 1 is 1.14 bits per heavy atom. The van der Waals surface area contributed by atoms with Gasteiger partial charge >= 0.3 is 6.09 Å². The van der Waals surface area contributed by atoms with Crippen LogP contribution in [0.15, 0.2) is 42.7 Å². The Labute approximate surface area is 124 Å². The van der Waals surface area contributed by atoms with Crippen LogP contribution in [0.1, 0.15) is 26.3 Å². The number of hydrogen-bond acceptors (Lipinski definition) is 4. The lowest BCUT2D eigenvalue weighted by atomic mass is 10.1. The van der Waals surface area contributed by atoms with Gasteiger partial charge in [-0.05, 0) is 32.4 Å². The maximum Gasteiger partial charge on any atom is 0.407 e. The summed E-state index contributed by atoms with van der Waals surface area (Å²) in [5.41, 5.74) is 1.33. The minimum absolute atomic E-state index is 0.364. The van der Waals surface area contributed by atoms with Gasteiger partial charge in [-0.25, -0.2) is 14.8 Å². The van der Waals surface area contributed by atoms with Crippen LogP contribution in [0.5, 0.6) is 0 Å². The van der Waals surface area contributed by atoms with E-state index in [0.29, 0.717) is 12.4 Å². The normalized spacial score (nSPS) is 11.0. The third-order valence-electron chi connectivity index (χ3n) is 2.65. The molecule has 0 aliphatic carbocycles. The lowest BCUT2D eigenvalue weighted by molar-refractivity contribution is 0.0523. The number of rotatable bonds is 3. The molecule has 21 heavy (non-hydrogen) atoms. The quantitative estimate of drug-likeness (QED) is 0.940. The molecule has 0 aliphatic rings. The second-order valence-electron chi connectivity index (χ2n) is 5.58. The monoisotopic (exact) mass is 285 g/mol. The van der Waals surface area contributed by atoms with Crippen molar-refractivity contribution in [3.63, 3.8) is 0 Å². The molecule has 0 saturated carbocycles. The zero-order valence-corrected chi connectivity index (χ0v) is 12.5. The fraction of sp³-hybridized carbons (Fsp3) is 0.312. The molecule has 1 heterocycles. The van der Waals surface area contributed by atoms with Gasteiger partial charge in [-0.3, -0.25) is 0 Å². The molecule has 0 fully saturated rings. The highest BCUT2D eigenvalue weighted by atomic mass is 16.6. The topological polar surface area (TPSA) is 64.1 Å². The molecule has 0 aliphatic heterocycles. The van der Waals surface area contributed by atoms with Gasteiger partial charge in [0.15, 0.2) is 5.82 Å². The van der Waals surface area contributed by atoms with Crippen molar-refractivity contribution >= 4 is 6.09 Å². The Bertz CT molecular complexity index is 606. The van der Waals surface area contributed by atoms with Crippen LogP contribution in [0.4, 0.5) is 4.79 Å². The average Bonchev–Trinajstić information content (AvgIpc) is 2.45. The van der Waals surface area contributed by atoms with Crippen molar-refractivity contribution in [2.24, 2.45) is 0 Å². The highest BCUT2D eigenvalue weighted by molar-refractivity contribution is 5.68. The van der Waals surface area contributed by atoms with Crippen LogP contribution in [0.3, 0.4) is 0 Å². The van der Waals surface area contributed by atoms with E-state index in [1.807, 2.05) is 45.0 Å². The minimum Gasteiger partial charge on any atom is -0.444 e. The van der Waals surface area contributed by atoms with Crippen molar-refractivity contribution < 1.29 is 9.53 Å². The van der Waals surface area contributed by atoms with Crippen LogP contribution < -0.4 is 5.32 Å². The lowest BCUT2D eigenvalue weighted by Gasteiger charge is -2.20. The third kappa shape index (κ3) is 4.56. The van der Waals surface area contributed by atoms with Crippen molar-refractivity contribution in [1.29, 1.82) is 0 Å². The van der Waals surface area contributed by atoms with Crippen LogP contribution in [0.25, 0.3) is 11.4 Å². The molecule has 0 atom stereocenters. The molecule has 0 spiro atoms. The maximum atomic E-state index is 11.7. The van der Waals surface area contributed by atoms with Gasteiger partial charge < -0.3 is 10.1 Å². The summed E-state index contributed by atoms with van der Waals surface area (Å²) in [4.78, 5) is 20.2. The maximum absolute atomic E-state index is 11.7. The van der Waals surface area contributed by atoms with Gasteiger partial charge in [-0.15, -0.1) is 0 Å². The summed E-state index contributed by atoms with van der Waals surface area (Å²) in [6.45, 7) is 5.86. The van der Waals surface area contributed by atoms with Gasteiger partial charge in [0.2, 0.25) is 0 Å². The summed E-state index contributed by atoms with van der Waals surface area (Å²) in [5.74, 6) is 0.638. The number of alkyl carbamates (subject to hydrolysis) is 1. The van der Waals surface area contributed by atoms with Gasteiger partial charge in [-0.1, -0.05) is 24.3 Å². The van der Waals surface area contributed by atoms with E-state index in [0.717, 1.165) is 11.1 Å². The van der Waals surface area contributed by atoms with Crippen LogP contribution in [0.2, 0.25) is 0 Å². The first-order chi connectivity index (χ1) is 9.96. The predicted octanol–water partition coefficient (Wildman–Crippen LogP) is 3.17.